The predicted molar refractivity (Wildman–Crippen MR) is 104 cm³/mol. The standard InChI is InChI=1S/C21H22ClNO4/c1-13-9-15-11-17(12-23-19(24)7-8-20(25)26-2)27-21(15)18(10-13)14-3-5-16(22)6-4-14/h3-6,9-10,17H,7-8,11-12H2,1-2H3,(H,23,24)/t17-/m0/s1. The molecule has 0 saturated carbocycles. The van der Waals surface area contributed by atoms with Crippen LogP contribution in [0.4, 0.5) is 0 Å². The summed E-state index contributed by atoms with van der Waals surface area (Å²) in [6, 6.07) is 11.9. The van der Waals surface area contributed by atoms with E-state index in [0.29, 0.717) is 11.6 Å². The number of carbonyl (C=O) groups excluding carboxylic acids is 2. The van der Waals surface area contributed by atoms with Gasteiger partial charge in [0.05, 0.1) is 20.1 Å². The maximum Gasteiger partial charge on any atom is 0.306 e. The van der Waals surface area contributed by atoms with Crippen molar-refractivity contribution in [1.29, 1.82) is 0 Å². The van der Waals surface area contributed by atoms with Crippen molar-refractivity contribution in [2.45, 2.75) is 32.3 Å². The van der Waals surface area contributed by atoms with Crippen LogP contribution in [0.2, 0.25) is 5.02 Å². The number of methoxy groups -OCH3 is 1. The second-order valence-electron chi connectivity index (χ2n) is 6.63. The Kier molecular flexibility index (Phi) is 6.01. The van der Waals surface area contributed by atoms with Crippen molar-refractivity contribution in [3.63, 3.8) is 0 Å². The van der Waals surface area contributed by atoms with Crippen LogP contribution in [0.5, 0.6) is 5.75 Å². The fourth-order valence-corrected chi connectivity index (χ4v) is 3.31. The van der Waals surface area contributed by atoms with Crippen molar-refractivity contribution in [3.05, 3.63) is 52.5 Å². The number of ether oxygens (including phenoxy) is 2. The minimum atomic E-state index is -0.391. The Hall–Kier alpha value is -2.53. The Morgan fingerprint density at radius 1 is 1.22 bits per heavy atom. The van der Waals surface area contributed by atoms with Crippen LogP contribution in [0.1, 0.15) is 24.0 Å². The highest BCUT2D eigenvalue weighted by molar-refractivity contribution is 6.30. The molecule has 27 heavy (non-hydrogen) atoms. The Morgan fingerprint density at radius 2 is 1.96 bits per heavy atom. The molecule has 1 atom stereocenters. The molecule has 142 valence electrons. The molecule has 0 aliphatic carbocycles. The minimum absolute atomic E-state index is 0.0774. The molecule has 3 rings (SSSR count). The van der Waals surface area contributed by atoms with Crippen molar-refractivity contribution >= 4 is 23.5 Å². The molecule has 0 aromatic heterocycles. The van der Waals surface area contributed by atoms with Crippen LogP contribution in [-0.4, -0.2) is 31.6 Å². The van der Waals surface area contributed by atoms with Crippen LogP contribution in [0.3, 0.4) is 0 Å². The van der Waals surface area contributed by atoms with Crippen LogP contribution in [0.15, 0.2) is 36.4 Å². The molecule has 0 radical (unpaired) electrons. The summed E-state index contributed by atoms with van der Waals surface area (Å²) < 4.78 is 10.7. The number of amides is 1. The molecule has 0 spiro atoms. The molecule has 2 aromatic carbocycles. The maximum absolute atomic E-state index is 11.9. The number of esters is 1. The van der Waals surface area contributed by atoms with Gasteiger partial charge in [-0.2, -0.15) is 0 Å². The summed E-state index contributed by atoms with van der Waals surface area (Å²) in [6.07, 6.45) is 0.791. The second kappa shape index (κ2) is 8.44. The Balaban J connectivity index is 1.66. The summed E-state index contributed by atoms with van der Waals surface area (Å²) in [6.45, 7) is 2.45. The average molecular weight is 388 g/mol. The first kappa shape index (κ1) is 19.2. The lowest BCUT2D eigenvalue weighted by molar-refractivity contribution is -0.142. The van der Waals surface area contributed by atoms with Gasteiger partial charge in [0.25, 0.3) is 0 Å². The van der Waals surface area contributed by atoms with Crippen LogP contribution in [0.25, 0.3) is 11.1 Å². The van der Waals surface area contributed by atoms with Crippen molar-refractivity contribution in [3.8, 4) is 16.9 Å². The van der Waals surface area contributed by atoms with E-state index >= 15 is 0 Å². The number of hydrogen-bond donors (Lipinski definition) is 1. The van der Waals surface area contributed by atoms with Crippen molar-refractivity contribution in [1.82, 2.24) is 5.32 Å². The highest BCUT2D eigenvalue weighted by atomic mass is 35.5. The lowest BCUT2D eigenvalue weighted by atomic mass is 9.98. The monoisotopic (exact) mass is 387 g/mol. The molecule has 1 aliphatic rings. The summed E-state index contributed by atoms with van der Waals surface area (Å²) >= 11 is 6.00. The Labute approximate surface area is 163 Å². The third kappa shape index (κ3) is 4.80. The van der Waals surface area contributed by atoms with Gasteiger partial charge in [-0.3, -0.25) is 9.59 Å². The second-order valence-corrected chi connectivity index (χ2v) is 7.07. The average Bonchev–Trinajstić information content (AvgIpc) is 3.07. The molecule has 2 aromatic rings. The molecule has 0 unspecified atom stereocenters. The maximum atomic E-state index is 11.9. The molecule has 5 nitrogen and oxygen atoms in total. The highest BCUT2D eigenvalue weighted by Gasteiger charge is 2.26. The van der Waals surface area contributed by atoms with Gasteiger partial charge < -0.3 is 14.8 Å². The van der Waals surface area contributed by atoms with Gasteiger partial charge >= 0.3 is 5.97 Å². The quantitative estimate of drug-likeness (QED) is 0.768. The summed E-state index contributed by atoms with van der Waals surface area (Å²) in [4.78, 5) is 23.0. The Bertz CT molecular complexity index is 848. The number of aryl methyl sites for hydroxylation is 1. The van der Waals surface area contributed by atoms with E-state index in [2.05, 4.69) is 29.1 Å². The fraction of sp³-hybridized carbons (Fsp3) is 0.333. The first-order chi connectivity index (χ1) is 13.0. The summed E-state index contributed by atoms with van der Waals surface area (Å²) in [5.74, 6) is 0.281. The molecular formula is C21H22ClNO4. The van der Waals surface area contributed by atoms with E-state index in [4.69, 9.17) is 16.3 Å². The first-order valence-electron chi connectivity index (χ1n) is 8.86. The van der Waals surface area contributed by atoms with Gasteiger partial charge in [-0.15, -0.1) is 0 Å². The van der Waals surface area contributed by atoms with Gasteiger partial charge in [-0.1, -0.05) is 29.8 Å². The van der Waals surface area contributed by atoms with Crippen LogP contribution in [-0.2, 0) is 20.7 Å². The number of halogens is 1. The van der Waals surface area contributed by atoms with Gasteiger partial charge in [0.15, 0.2) is 0 Å². The molecule has 1 amide bonds. The Morgan fingerprint density at radius 3 is 2.67 bits per heavy atom. The van der Waals surface area contributed by atoms with Crippen molar-refractivity contribution < 1.29 is 19.1 Å². The van der Waals surface area contributed by atoms with Crippen LogP contribution in [0, 0.1) is 6.92 Å². The molecule has 1 aliphatic heterocycles. The molecule has 0 saturated heterocycles. The van der Waals surface area contributed by atoms with E-state index < -0.39 is 5.97 Å². The third-order valence-corrected chi connectivity index (χ3v) is 4.76. The number of carbonyl (C=O) groups is 2. The van der Waals surface area contributed by atoms with E-state index in [0.717, 1.165) is 34.4 Å². The number of fused-ring (bicyclic) bond motifs is 1. The predicted octanol–water partition coefficient (Wildman–Crippen LogP) is 3.69. The van der Waals surface area contributed by atoms with E-state index in [1.54, 1.807) is 0 Å². The number of hydrogen-bond acceptors (Lipinski definition) is 4. The molecular weight excluding hydrogens is 366 g/mol. The topological polar surface area (TPSA) is 64.6 Å². The lowest BCUT2D eigenvalue weighted by Crippen LogP contribution is -2.34. The molecule has 0 fully saturated rings. The van der Waals surface area contributed by atoms with E-state index in [-0.39, 0.29) is 24.9 Å². The third-order valence-electron chi connectivity index (χ3n) is 4.51. The van der Waals surface area contributed by atoms with Crippen LogP contribution < -0.4 is 10.1 Å². The van der Waals surface area contributed by atoms with Crippen molar-refractivity contribution in [2.24, 2.45) is 0 Å². The summed E-state index contributed by atoms with van der Waals surface area (Å²) in [7, 11) is 1.31. The van der Waals surface area contributed by atoms with E-state index in [1.165, 1.54) is 7.11 Å². The minimum Gasteiger partial charge on any atom is -0.487 e. The molecule has 0 bridgehead atoms. The summed E-state index contributed by atoms with van der Waals surface area (Å²) in [5.41, 5.74) is 4.36. The fourth-order valence-electron chi connectivity index (χ4n) is 3.18. The zero-order valence-electron chi connectivity index (χ0n) is 15.4. The molecule has 1 heterocycles. The molecule has 1 N–H and O–H groups in total. The van der Waals surface area contributed by atoms with Gasteiger partial charge in [0.2, 0.25) is 5.91 Å². The first-order valence-corrected chi connectivity index (χ1v) is 9.23. The molecule has 6 heteroatoms. The smallest absolute Gasteiger partial charge is 0.306 e. The SMILES string of the molecule is COC(=O)CCC(=O)NC[C@@H]1Cc2cc(C)cc(-c3ccc(Cl)cc3)c2O1. The number of nitrogens with one attached hydrogen (secondary N) is 1. The summed E-state index contributed by atoms with van der Waals surface area (Å²) in [5, 5.41) is 3.52. The lowest BCUT2D eigenvalue weighted by Gasteiger charge is -2.14. The number of benzene rings is 2. The largest absolute Gasteiger partial charge is 0.487 e. The van der Waals surface area contributed by atoms with Crippen LogP contribution >= 0.6 is 11.6 Å². The normalized spacial score (nSPS) is 15.0. The van der Waals surface area contributed by atoms with Crippen molar-refractivity contribution in [2.75, 3.05) is 13.7 Å². The van der Waals surface area contributed by atoms with Gasteiger partial charge in [0.1, 0.15) is 11.9 Å². The van der Waals surface area contributed by atoms with Gasteiger partial charge in [0, 0.05) is 23.4 Å². The van der Waals surface area contributed by atoms with Gasteiger partial charge in [-0.25, -0.2) is 0 Å². The highest BCUT2D eigenvalue weighted by Crippen LogP contribution is 2.40. The number of rotatable bonds is 6. The van der Waals surface area contributed by atoms with E-state index in [9.17, 15) is 9.59 Å². The zero-order chi connectivity index (χ0) is 19.4. The van der Waals surface area contributed by atoms with E-state index in [1.807, 2.05) is 24.3 Å². The zero-order valence-corrected chi connectivity index (χ0v) is 16.1. The van der Waals surface area contributed by atoms with Gasteiger partial charge in [-0.05, 0) is 41.8 Å².